The van der Waals surface area contributed by atoms with E-state index < -0.39 is 0 Å². The molecule has 2 aromatic heterocycles. The number of rotatable bonds is 6. The monoisotopic (exact) mass is 346 g/mol. The Labute approximate surface area is 147 Å². The molecule has 25 heavy (non-hydrogen) atoms. The summed E-state index contributed by atoms with van der Waals surface area (Å²) >= 11 is 0. The van der Waals surface area contributed by atoms with Gasteiger partial charge < -0.3 is 14.8 Å². The van der Waals surface area contributed by atoms with Crippen molar-refractivity contribution in [1.29, 1.82) is 0 Å². The van der Waals surface area contributed by atoms with Crippen LogP contribution in [0.3, 0.4) is 0 Å². The number of carbonyl (C=O) groups is 1. The molecular weight excluding hydrogens is 320 g/mol. The number of piperidine rings is 1. The van der Waals surface area contributed by atoms with E-state index in [1.165, 1.54) is 6.33 Å². The zero-order valence-corrected chi connectivity index (χ0v) is 14.9. The number of nitrogens with one attached hydrogen (secondary N) is 1. The van der Waals surface area contributed by atoms with Crippen LogP contribution in [0.5, 0.6) is 0 Å². The molecule has 1 N–H and O–H groups in total. The molecule has 0 saturated carbocycles. The summed E-state index contributed by atoms with van der Waals surface area (Å²) in [6.45, 7) is 7.80. The van der Waals surface area contributed by atoms with Crippen LogP contribution in [-0.4, -0.2) is 60.1 Å². The van der Waals surface area contributed by atoms with E-state index >= 15 is 0 Å². The van der Waals surface area contributed by atoms with E-state index in [0.717, 1.165) is 57.1 Å². The topological polar surface area (TPSA) is 93.8 Å². The van der Waals surface area contributed by atoms with Gasteiger partial charge >= 0.3 is 6.03 Å². The molecule has 3 heterocycles. The van der Waals surface area contributed by atoms with Gasteiger partial charge in [-0.25, -0.2) is 14.5 Å². The van der Waals surface area contributed by atoms with Crippen molar-refractivity contribution in [1.82, 2.24) is 39.7 Å². The first-order valence-electron chi connectivity index (χ1n) is 9.00. The average molecular weight is 346 g/mol. The van der Waals surface area contributed by atoms with Crippen molar-refractivity contribution < 1.29 is 4.79 Å². The molecule has 1 saturated heterocycles. The van der Waals surface area contributed by atoms with Crippen molar-refractivity contribution in [3.8, 4) is 0 Å². The van der Waals surface area contributed by atoms with Crippen molar-refractivity contribution in [2.75, 3.05) is 19.6 Å². The predicted molar refractivity (Wildman–Crippen MR) is 92.1 cm³/mol. The van der Waals surface area contributed by atoms with Gasteiger partial charge in [0.05, 0.1) is 0 Å². The van der Waals surface area contributed by atoms with Gasteiger partial charge in [0, 0.05) is 32.1 Å². The number of nitrogens with zero attached hydrogens (tertiary/aromatic N) is 7. The van der Waals surface area contributed by atoms with E-state index in [0.29, 0.717) is 12.5 Å². The molecule has 0 atom stereocenters. The third-order valence-electron chi connectivity index (χ3n) is 4.62. The van der Waals surface area contributed by atoms with E-state index in [1.807, 2.05) is 4.90 Å². The van der Waals surface area contributed by atoms with Crippen LogP contribution >= 0.6 is 0 Å². The van der Waals surface area contributed by atoms with E-state index in [9.17, 15) is 4.79 Å². The molecule has 0 aromatic carbocycles. The van der Waals surface area contributed by atoms with Gasteiger partial charge in [-0.15, -0.1) is 10.2 Å². The molecule has 2 aromatic rings. The summed E-state index contributed by atoms with van der Waals surface area (Å²) in [6, 6.07) is 0.0455. The van der Waals surface area contributed by atoms with Crippen molar-refractivity contribution >= 4 is 6.03 Å². The van der Waals surface area contributed by atoms with Crippen LogP contribution in [-0.2, 0) is 13.1 Å². The fraction of sp³-hybridized carbons (Fsp3) is 0.688. The zero-order chi connectivity index (χ0) is 17.6. The minimum Gasteiger partial charge on any atom is -0.338 e. The molecule has 0 aliphatic carbocycles. The molecule has 136 valence electrons. The highest BCUT2D eigenvalue weighted by molar-refractivity contribution is 5.74. The van der Waals surface area contributed by atoms with Crippen molar-refractivity contribution in [2.24, 2.45) is 0 Å². The fourth-order valence-corrected chi connectivity index (χ4v) is 3.26. The maximum absolute atomic E-state index is 12.1. The molecule has 2 amide bonds. The molecule has 1 aliphatic rings. The lowest BCUT2D eigenvalue weighted by molar-refractivity contribution is 0.180. The van der Waals surface area contributed by atoms with Crippen LogP contribution in [0.4, 0.5) is 4.79 Å². The van der Waals surface area contributed by atoms with Gasteiger partial charge in [-0.3, -0.25) is 0 Å². The number of urea groups is 1. The van der Waals surface area contributed by atoms with Gasteiger partial charge in [0.25, 0.3) is 0 Å². The van der Waals surface area contributed by atoms with Gasteiger partial charge in [0.15, 0.2) is 5.82 Å². The second kappa shape index (κ2) is 8.09. The summed E-state index contributed by atoms with van der Waals surface area (Å²) in [4.78, 5) is 17.9. The molecule has 0 bridgehead atoms. The van der Waals surface area contributed by atoms with E-state index in [1.54, 1.807) is 11.0 Å². The van der Waals surface area contributed by atoms with Crippen LogP contribution < -0.4 is 5.32 Å². The number of likely N-dealkylation sites (tertiary alicyclic amines) is 1. The summed E-state index contributed by atoms with van der Waals surface area (Å²) < 4.78 is 3.92. The Hall–Kier alpha value is -2.45. The maximum atomic E-state index is 12.1. The van der Waals surface area contributed by atoms with Gasteiger partial charge in [-0.05, 0) is 26.2 Å². The fourth-order valence-electron chi connectivity index (χ4n) is 3.26. The number of aromatic nitrogens is 6. The van der Waals surface area contributed by atoms with Gasteiger partial charge in [0.2, 0.25) is 0 Å². The standard InChI is InChI=1S/C16H26N8O/c1-3-7-18-16(25)22-8-5-13(6-9-22)15-21-20-14(24(15)4-2)10-23-12-17-11-19-23/h11-13H,3-10H2,1-2H3,(H,18,25). The van der Waals surface area contributed by atoms with Crippen LogP contribution in [0.1, 0.15) is 50.7 Å². The maximum Gasteiger partial charge on any atom is 0.317 e. The van der Waals surface area contributed by atoms with Gasteiger partial charge in [-0.2, -0.15) is 5.10 Å². The molecule has 1 aliphatic heterocycles. The van der Waals surface area contributed by atoms with Crippen LogP contribution in [0.25, 0.3) is 0 Å². The summed E-state index contributed by atoms with van der Waals surface area (Å²) in [5, 5.41) is 15.9. The lowest BCUT2D eigenvalue weighted by Crippen LogP contribution is -2.44. The summed E-state index contributed by atoms with van der Waals surface area (Å²) in [6.07, 6.45) is 5.99. The van der Waals surface area contributed by atoms with Crippen molar-refractivity contribution in [2.45, 2.75) is 52.1 Å². The Bertz CT molecular complexity index is 672. The van der Waals surface area contributed by atoms with Crippen molar-refractivity contribution in [3.63, 3.8) is 0 Å². The first-order valence-corrected chi connectivity index (χ1v) is 9.00. The lowest BCUT2D eigenvalue weighted by Gasteiger charge is -2.31. The summed E-state index contributed by atoms with van der Waals surface area (Å²) in [5.74, 6) is 2.25. The highest BCUT2D eigenvalue weighted by Gasteiger charge is 2.27. The molecule has 0 unspecified atom stereocenters. The average Bonchev–Trinajstić information content (AvgIpc) is 3.29. The Kier molecular flexibility index (Phi) is 5.62. The largest absolute Gasteiger partial charge is 0.338 e. The van der Waals surface area contributed by atoms with E-state index in [2.05, 4.69) is 44.0 Å². The molecule has 9 heteroatoms. The SMILES string of the molecule is CCCNC(=O)N1CCC(c2nnc(Cn3cncn3)n2CC)CC1. The van der Waals surface area contributed by atoms with Gasteiger partial charge in [-0.1, -0.05) is 6.92 Å². The second-order valence-corrected chi connectivity index (χ2v) is 6.30. The van der Waals surface area contributed by atoms with Crippen LogP contribution in [0, 0.1) is 0 Å². The summed E-state index contributed by atoms with van der Waals surface area (Å²) in [7, 11) is 0. The van der Waals surface area contributed by atoms with Crippen LogP contribution in [0.15, 0.2) is 12.7 Å². The Balaban J connectivity index is 1.63. The number of hydrogen-bond acceptors (Lipinski definition) is 5. The molecular formula is C16H26N8O. The highest BCUT2D eigenvalue weighted by atomic mass is 16.2. The molecule has 9 nitrogen and oxygen atoms in total. The number of carbonyl (C=O) groups excluding carboxylic acids is 1. The van der Waals surface area contributed by atoms with Gasteiger partial charge in [0.1, 0.15) is 25.0 Å². The molecule has 3 rings (SSSR count). The first-order chi connectivity index (χ1) is 12.2. The predicted octanol–water partition coefficient (Wildman–Crippen LogP) is 1.24. The minimum atomic E-state index is 0.0455. The minimum absolute atomic E-state index is 0.0455. The third-order valence-corrected chi connectivity index (χ3v) is 4.62. The first kappa shape index (κ1) is 17.4. The van der Waals surface area contributed by atoms with E-state index in [-0.39, 0.29) is 6.03 Å². The smallest absolute Gasteiger partial charge is 0.317 e. The third kappa shape index (κ3) is 3.97. The molecule has 1 fully saturated rings. The highest BCUT2D eigenvalue weighted by Crippen LogP contribution is 2.27. The summed E-state index contributed by atoms with van der Waals surface area (Å²) in [5.41, 5.74) is 0. The Morgan fingerprint density at radius 1 is 1.28 bits per heavy atom. The molecule has 0 radical (unpaired) electrons. The number of amides is 2. The van der Waals surface area contributed by atoms with Crippen LogP contribution in [0.2, 0.25) is 0 Å². The zero-order valence-electron chi connectivity index (χ0n) is 14.9. The Morgan fingerprint density at radius 2 is 2.08 bits per heavy atom. The second-order valence-electron chi connectivity index (χ2n) is 6.30. The number of hydrogen-bond donors (Lipinski definition) is 1. The van der Waals surface area contributed by atoms with E-state index in [4.69, 9.17) is 0 Å². The quantitative estimate of drug-likeness (QED) is 0.849. The van der Waals surface area contributed by atoms with Crippen molar-refractivity contribution in [3.05, 3.63) is 24.3 Å². The lowest BCUT2D eigenvalue weighted by atomic mass is 9.96. The normalized spacial score (nSPS) is 15.5. The Morgan fingerprint density at radius 3 is 2.72 bits per heavy atom. The molecule has 0 spiro atoms.